The minimum atomic E-state index is -0.326. The van der Waals surface area contributed by atoms with Gasteiger partial charge >= 0.3 is 0 Å². The number of pyridine rings is 1. The number of aryl methyl sites for hydroxylation is 1. The second kappa shape index (κ2) is 8.33. The summed E-state index contributed by atoms with van der Waals surface area (Å²) in [4.78, 5) is 34.8. The Morgan fingerprint density at radius 3 is 2.80 bits per heavy atom. The molecule has 4 aromatic rings. The van der Waals surface area contributed by atoms with Crippen molar-refractivity contribution in [1.82, 2.24) is 18.9 Å². The molecule has 7 nitrogen and oxygen atoms in total. The summed E-state index contributed by atoms with van der Waals surface area (Å²) in [5, 5.41) is 3.39. The quantitative estimate of drug-likeness (QED) is 0.506. The first-order valence-electron chi connectivity index (χ1n) is 9.35. The average molecular weight is 440 g/mol. The summed E-state index contributed by atoms with van der Waals surface area (Å²) in [7, 11) is 0. The van der Waals surface area contributed by atoms with Crippen molar-refractivity contribution in [3.63, 3.8) is 0 Å². The fraction of sp³-hybridized carbons (Fsp3) is 0.190. The van der Waals surface area contributed by atoms with E-state index >= 15 is 0 Å². The third-order valence-corrected chi connectivity index (χ3v) is 5.96. The third-order valence-electron chi connectivity index (χ3n) is 4.73. The van der Waals surface area contributed by atoms with Gasteiger partial charge in [0.2, 0.25) is 5.91 Å². The number of benzene rings is 1. The van der Waals surface area contributed by atoms with E-state index in [2.05, 4.69) is 19.7 Å². The molecule has 0 aliphatic rings. The number of amides is 1. The van der Waals surface area contributed by atoms with Crippen molar-refractivity contribution in [3.8, 4) is 11.4 Å². The molecule has 0 aliphatic heterocycles. The average Bonchev–Trinajstić information content (AvgIpc) is 3.18. The van der Waals surface area contributed by atoms with Crippen LogP contribution in [0.4, 0.5) is 5.69 Å². The molecule has 0 bridgehead atoms. The van der Waals surface area contributed by atoms with Crippen molar-refractivity contribution >= 4 is 44.9 Å². The summed E-state index contributed by atoms with van der Waals surface area (Å²) in [5.41, 5.74) is 2.85. The molecule has 30 heavy (non-hydrogen) atoms. The molecule has 1 amide bonds. The van der Waals surface area contributed by atoms with Crippen LogP contribution in [0.1, 0.15) is 18.3 Å². The van der Waals surface area contributed by atoms with Crippen molar-refractivity contribution in [2.75, 3.05) is 5.32 Å². The van der Waals surface area contributed by atoms with Crippen molar-refractivity contribution in [2.45, 2.75) is 26.8 Å². The molecule has 152 valence electrons. The van der Waals surface area contributed by atoms with E-state index in [4.69, 9.17) is 11.6 Å². The molecule has 1 N–H and O–H groups in total. The van der Waals surface area contributed by atoms with Crippen LogP contribution in [0.3, 0.4) is 0 Å². The van der Waals surface area contributed by atoms with Crippen LogP contribution >= 0.6 is 23.1 Å². The SMILES string of the molecule is CCc1nc2c(-c3ccccn3)nsc2c(=O)n1CC(=O)Nc1cccc(Cl)c1C. The lowest BCUT2D eigenvalue weighted by atomic mass is 10.2. The first-order valence-corrected chi connectivity index (χ1v) is 10.5. The highest BCUT2D eigenvalue weighted by molar-refractivity contribution is 7.13. The first-order chi connectivity index (χ1) is 14.5. The smallest absolute Gasteiger partial charge is 0.273 e. The molecule has 9 heteroatoms. The van der Waals surface area contributed by atoms with Crippen LogP contribution in [0.5, 0.6) is 0 Å². The number of carbonyl (C=O) groups excluding carboxylic acids is 1. The van der Waals surface area contributed by atoms with Gasteiger partial charge in [0.1, 0.15) is 28.3 Å². The second-order valence-electron chi connectivity index (χ2n) is 6.66. The molecule has 3 aromatic heterocycles. The Labute approximate surface area is 181 Å². The molecule has 1 aromatic carbocycles. The predicted octanol–water partition coefficient (Wildman–Crippen LogP) is 4.08. The van der Waals surface area contributed by atoms with Crippen LogP contribution in [0.15, 0.2) is 47.4 Å². The number of hydrogen-bond acceptors (Lipinski definition) is 6. The van der Waals surface area contributed by atoms with E-state index < -0.39 is 0 Å². The number of halogens is 1. The standard InChI is InChI=1S/C21H18ClN5O2S/c1-3-16-25-19-18(15-8-4-5-10-23-15)26-30-20(19)21(29)27(16)11-17(28)24-14-9-6-7-13(22)12(14)2/h4-10H,3,11H2,1-2H3,(H,24,28). The summed E-state index contributed by atoms with van der Waals surface area (Å²) in [6, 6.07) is 10.8. The number of hydrogen-bond donors (Lipinski definition) is 1. The summed E-state index contributed by atoms with van der Waals surface area (Å²) in [6.07, 6.45) is 2.16. The highest BCUT2D eigenvalue weighted by Gasteiger charge is 2.19. The van der Waals surface area contributed by atoms with E-state index in [-0.39, 0.29) is 18.0 Å². The molecular weight excluding hydrogens is 422 g/mol. The minimum absolute atomic E-state index is 0.145. The van der Waals surface area contributed by atoms with Crippen LogP contribution in [0.2, 0.25) is 5.02 Å². The van der Waals surface area contributed by atoms with Crippen molar-refractivity contribution in [1.29, 1.82) is 0 Å². The molecular formula is C21H18ClN5O2S. The summed E-state index contributed by atoms with van der Waals surface area (Å²) in [6.45, 7) is 3.57. The molecule has 0 aliphatic carbocycles. The summed E-state index contributed by atoms with van der Waals surface area (Å²) >= 11 is 7.19. The number of nitrogens with one attached hydrogen (secondary N) is 1. The monoisotopic (exact) mass is 439 g/mol. The van der Waals surface area contributed by atoms with Crippen LogP contribution < -0.4 is 10.9 Å². The third kappa shape index (κ3) is 3.71. The zero-order valence-electron chi connectivity index (χ0n) is 16.3. The van der Waals surface area contributed by atoms with Crippen LogP contribution in [-0.4, -0.2) is 24.8 Å². The number of aromatic nitrogens is 4. The van der Waals surface area contributed by atoms with E-state index in [1.54, 1.807) is 24.4 Å². The van der Waals surface area contributed by atoms with Crippen molar-refractivity contribution < 1.29 is 4.79 Å². The van der Waals surface area contributed by atoms with E-state index in [0.717, 1.165) is 17.1 Å². The molecule has 0 radical (unpaired) electrons. The number of carbonyl (C=O) groups is 1. The van der Waals surface area contributed by atoms with Gasteiger partial charge in [-0.1, -0.05) is 30.7 Å². The van der Waals surface area contributed by atoms with E-state index in [1.165, 1.54) is 4.57 Å². The Hall–Kier alpha value is -3.10. The van der Waals surface area contributed by atoms with Crippen molar-refractivity contribution in [2.24, 2.45) is 0 Å². The van der Waals surface area contributed by atoms with Gasteiger partial charge < -0.3 is 5.32 Å². The summed E-state index contributed by atoms with van der Waals surface area (Å²) in [5.74, 6) is 0.190. The maximum absolute atomic E-state index is 13.1. The molecule has 3 heterocycles. The Bertz CT molecular complexity index is 1300. The fourth-order valence-corrected chi connectivity index (χ4v) is 4.09. The molecule has 4 rings (SSSR count). The number of nitrogens with zero attached hydrogens (tertiary/aromatic N) is 4. The van der Waals surface area contributed by atoms with E-state index in [0.29, 0.717) is 44.6 Å². The Balaban J connectivity index is 1.71. The van der Waals surface area contributed by atoms with Gasteiger partial charge in [-0.15, -0.1) is 0 Å². The highest BCUT2D eigenvalue weighted by atomic mass is 35.5. The van der Waals surface area contributed by atoms with Crippen LogP contribution in [-0.2, 0) is 17.8 Å². The number of anilines is 1. The summed E-state index contributed by atoms with van der Waals surface area (Å²) < 4.78 is 6.20. The Morgan fingerprint density at radius 2 is 2.07 bits per heavy atom. The fourth-order valence-electron chi connectivity index (χ4n) is 3.14. The van der Waals surface area contributed by atoms with Gasteiger partial charge in [0.15, 0.2) is 0 Å². The molecule has 0 unspecified atom stereocenters. The molecule has 0 saturated heterocycles. The normalized spacial score (nSPS) is 11.0. The van der Waals surface area contributed by atoms with Gasteiger partial charge in [-0.2, -0.15) is 4.37 Å². The minimum Gasteiger partial charge on any atom is -0.324 e. The predicted molar refractivity (Wildman–Crippen MR) is 119 cm³/mol. The lowest BCUT2D eigenvalue weighted by Gasteiger charge is -2.13. The maximum Gasteiger partial charge on any atom is 0.273 e. The largest absolute Gasteiger partial charge is 0.324 e. The van der Waals surface area contributed by atoms with E-state index in [9.17, 15) is 9.59 Å². The molecule has 0 spiro atoms. The van der Waals surface area contributed by atoms with E-state index in [1.807, 2.05) is 32.0 Å². The molecule has 0 fully saturated rings. The molecule has 0 atom stereocenters. The van der Waals surface area contributed by atoms with Crippen LogP contribution in [0, 0.1) is 6.92 Å². The van der Waals surface area contributed by atoms with Gasteiger partial charge in [-0.25, -0.2) is 4.98 Å². The highest BCUT2D eigenvalue weighted by Crippen LogP contribution is 2.26. The van der Waals surface area contributed by atoms with Gasteiger partial charge in [0.25, 0.3) is 5.56 Å². The zero-order valence-corrected chi connectivity index (χ0v) is 17.9. The van der Waals surface area contributed by atoms with Gasteiger partial charge in [0, 0.05) is 23.3 Å². The van der Waals surface area contributed by atoms with Gasteiger partial charge in [0.05, 0.1) is 5.69 Å². The van der Waals surface area contributed by atoms with Crippen molar-refractivity contribution in [3.05, 3.63) is 69.4 Å². The Kier molecular flexibility index (Phi) is 5.61. The van der Waals surface area contributed by atoms with Crippen LogP contribution in [0.25, 0.3) is 21.6 Å². The lowest BCUT2D eigenvalue weighted by molar-refractivity contribution is -0.116. The zero-order chi connectivity index (χ0) is 21.3. The maximum atomic E-state index is 13.1. The number of rotatable bonds is 5. The number of fused-ring (bicyclic) bond motifs is 1. The topological polar surface area (TPSA) is 89.8 Å². The Morgan fingerprint density at radius 1 is 1.23 bits per heavy atom. The first kappa shape index (κ1) is 20.2. The van der Waals surface area contributed by atoms with Gasteiger partial charge in [-0.05, 0) is 48.3 Å². The molecule has 0 saturated carbocycles. The second-order valence-corrected chi connectivity index (χ2v) is 7.84. The lowest BCUT2D eigenvalue weighted by Crippen LogP contribution is -2.30. The van der Waals surface area contributed by atoms with Gasteiger partial charge in [-0.3, -0.25) is 19.1 Å².